The molecule has 0 bridgehead atoms. The highest BCUT2D eigenvalue weighted by atomic mass is 32.2. The summed E-state index contributed by atoms with van der Waals surface area (Å²) in [5.74, 6) is 3.45. The molecule has 0 aliphatic heterocycles. The number of benzene rings is 2. The molecule has 0 saturated heterocycles. The average molecular weight is 563 g/mol. The number of methoxy groups -OCH3 is 6. The average Bonchev–Trinajstić information content (AvgIpc) is 2.95. The summed E-state index contributed by atoms with van der Waals surface area (Å²) in [6.07, 6.45) is 3.47. The molecule has 0 fully saturated rings. The van der Waals surface area contributed by atoms with E-state index in [4.69, 9.17) is 28.4 Å². The van der Waals surface area contributed by atoms with E-state index in [1.54, 1.807) is 24.3 Å². The van der Waals surface area contributed by atoms with E-state index in [1.807, 2.05) is 0 Å². The van der Waals surface area contributed by atoms with Crippen LogP contribution in [-0.4, -0.2) is 78.4 Å². The Bertz CT molecular complexity index is 1030. The van der Waals surface area contributed by atoms with Gasteiger partial charge in [-0.1, -0.05) is 0 Å². The first-order valence-corrected chi connectivity index (χ1v) is 12.9. The third-order valence-electron chi connectivity index (χ3n) is 5.13. The van der Waals surface area contributed by atoms with Crippen LogP contribution in [0.2, 0.25) is 0 Å². The molecule has 0 radical (unpaired) electrons. The van der Waals surface area contributed by atoms with Gasteiger partial charge < -0.3 is 28.4 Å². The van der Waals surface area contributed by atoms with Crippen LogP contribution in [0.4, 0.5) is 0 Å². The van der Waals surface area contributed by atoms with Crippen LogP contribution in [0.5, 0.6) is 34.5 Å². The molecule has 0 aliphatic rings. The van der Waals surface area contributed by atoms with Gasteiger partial charge >= 0.3 is 0 Å². The van der Waals surface area contributed by atoms with Crippen molar-refractivity contribution in [2.45, 2.75) is 12.8 Å². The summed E-state index contributed by atoms with van der Waals surface area (Å²) in [5, 5.41) is 7.95. The molecule has 0 saturated carbocycles. The monoisotopic (exact) mass is 562 g/mol. The molecule has 39 heavy (non-hydrogen) atoms. The van der Waals surface area contributed by atoms with Crippen molar-refractivity contribution in [2.24, 2.45) is 10.2 Å². The highest BCUT2D eigenvalue weighted by Crippen LogP contribution is 2.38. The lowest BCUT2D eigenvalue weighted by Gasteiger charge is -2.12. The van der Waals surface area contributed by atoms with Gasteiger partial charge in [-0.15, -0.1) is 0 Å². The Balaban J connectivity index is 1.71. The molecular formula is C26H34N4O8S. The Kier molecular flexibility index (Phi) is 13.3. The zero-order chi connectivity index (χ0) is 28.6. The van der Waals surface area contributed by atoms with Crippen molar-refractivity contribution in [3.63, 3.8) is 0 Å². The van der Waals surface area contributed by atoms with Crippen molar-refractivity contribution in [3.8, 4) is 34.5 Å². The summed E-state index contributed by atoms with van der Waals surface area (Å²) in [7, 11) is 9.12. The SMILES string of the molecule is COc1cc(/C=N\NC(=O)CCSCCC(=O)N/N=C/c2cc(OC)c(OC)c(OC)c2)cc(OC)c1OC. The number of rotatable bonds is 16. The molecule has 0 unspecified atom stereocenters. The van der Waals surface area contributed by atoms with Crippen molar-refractivity contribution in [1.82, 2.24) is 10.9 Å². The number of hydrogen-bond donors (Lipinski definition) is 2. The predicted molar refractivity (Wildman–Crippen MR) is 150 cm³/mol. The first kappa shape index (κ1) is 31.1. The number of amides is 2. The number of carbonyl (C=O) groups excluding carboxylic acids is 2. The maximum absolute atomic E-state index is 12.1. The van der Waals surface area contributed by atoms with Crippen LogP contribution < -0.4 is 39.3 Å². The third kappa shape index (κ3) is 9.60. The Morgan fingerprint density at radius 3 is 1.26 bits per heavy atom. The van der Waals surface area contributed by atoms with Crippen molar-refractivity contribution < 1.29 is 38.0 Å². The molecular weight excluding hydrogens is 528 g/mol. The van der Waals surface area contributed by atoms with Gasteiger partial charge in [0.05, 0.1) is 55.1 Å². The minimum Gasteiger partial charge on any atom is -0.493 e. The van der Waals surface area contributed by atoms with Gasteiger partial charge in [0.25, 0.3) is 0 Å². The molecule has 0 atom stereocenters. The lowest BCUT2D eigenvalue weighted by atomic mass is 10.2. The summed E-state index contributed by atoms with van der Waals surface area (Å²) in [4.78, 5) is 24.1. The highest BCUT2D eigenvalue weighted by Gasteiger charge is 2.13. The minimum absolute atomic E-state index is 0.245. The van der Waals surface area contributed by atoms with E-state index in [-0.39, 0.29) is 24.7 Å². The summed E-state index contributed by atoms with van der Waals surface area (Å²) < 4.78 is 31.8. The van der Waals surface area contributed by atoms with Crippen LogP contribution in [0.1, 0.15) is 24.0 Å². The molecule has 2 amide bonds. The zero-order valence-corrected chi connectivity index (χ0v) is 23.7. The van der Waals surface area contributed by atoms with Gasteiger partial charge in [-0.05, 0) is 24.3 Å². The molecule has 2 rings (SSSR count). The first-order valence-electron chi connectivity index (χ1n) is 11.7. The molecule has 2 aromatic rings. The number of ether oxygens (including phenoxy) is 6. The fourth-order valence-electron chi connectivity index (χ4n) is 3.25. The highest BCUT2D eigenvalue weighted by molar-refractivity contribution is 7.99. The fourth-order valence-corrected chi connectivity index (χ4v) is 4.12. The molecule has 0 heterocycles. The van der Waals surface area contributed by atoms with Crippen LogP contribution in [-0.2, 0) is 9.59 Å². The molecule has 212 valence electrons. The van der Waals surface area contributed by atoms with E-state index in [1.165, 1.54) is 66.8 Å². The van der Waals surface area contributed by atoms with Crippen LogP contribution in [0.3, 0.4) is 0 Å². The normalized spacial score (nSPS) is 10.8. The fraction of sp³-hybridized carbons (Fsp3) is 0.385. The molecule has 2 N–H and O–H groups in total. The predicted octanol–water partition coefficient (Wildman–Crippen LogP) is 2.85. The first-order chi connectivity index (χ1) is 18.9. The van der Waals surface area contributed by atoms with Gasteiger partial charge in [0.1, 0.15) is 0 Å². The van der Waals surface area contributed by atoms with Gasteiger partial charge in [0, 0.05) is 35.5 Å². The third-order valence-corrected chi connectivity index (χ3v) is 6.11. The Morgan fingerprint density at radius 2 is 0.974 bits per heavy atom. The standard InChI is InChI=1S/C26H34N4O8S/c1-33-19-11-17(12-20(34-2)25(19)37-5)15-27-29-23(31)7-9-39-10-8-24(32)30-28-16-18-13-21(35-3)26(38-6)22(14-18)36-4/h11-16H,7-10H2,1-6H3,(H,29,31)(H,30,32)/b27-15-,28-16+. The van der Waals surface area contributed by atoms with Crippen LogP contribution in [0.25, 0.3) is 0 Å². The number of nitrogens with one attached hydrogen (secondary N) is 2. The molecule has 2 aromatic carbocycles. The lowest BCUT2D eigenvalue weighted by Crippen LogP contribution is -2.19. The second kappa shape index (κ2) is 16.7. The van der Waals surface area contributed by atoms with Crippen molar-refractivity contribution in [1.29, 1.82) is 0 Å². The number of nitrogens with zero attached hydrogens (tertiary/aromatic N) is 2. The summed E-state index contributed by atoms with van der Waals surface area (Å²) in [6.45, 7) is 0. The van der Waals surface area contributed by atoms with E-state index in [2.05, 4.69) is 21.1 Å². The van der Waals surface area contributed by atoms with Crippen molar-refractivity contribution in [3.05, 3.63) is 35.4 Å². The topological polar surface area (TPSA) is 138 Å². The largest absolute Gasteiger partial charge is 0.493 e. The Morgan fingerprint density at radius 1 is 0.641 bits per heavy atom. The number of thioether (sulfide) groups is 1. The molecule has 13 heteroatoms. The lowest BCUT2D eigenvalue weighted by molar-refractivity contribution is -0.121. The summed E-state index contributed by atoms with van der Waals surface area (Å²) in [6, 6.07) is 6.86. The maximum atomic E-state index is 12.1. The van der Waals surface area contributed by atoms with E-state index in [9.17, 15) is 9.59 Å². The smallest absolute Gasteiger partial charge is 0.240 e. The Labute approximate surface area is 232 Å². The second-order valence-electron chi connectivity index (χ2n) is 7.62. The van der Waals surface area contributed by atoms with E-state index in [0.717, 1.165) is 0 Å². The van der Waals surface area contributed by atoms with Crippen molar-refractivity contribution >= 4 is 36.0 Å². The zero-order valence-electron chi connectivity index (χ0n) is 22.9. The van der Waals surface area contributed by atoms with Gasteiger partial charge in [-0.3, -0.25) is 9.59 Å². The molecule has 0 spiro atoms. The van der Waals surface area contributed by atoms with Crippen LogP contribution in [0, 0.1) is 0 Å². The van der Waals surface area contributed by atoms with Crippen LogP contribution >= 0.6 is 11.8 Å². The van der Waals surface area contributed by atoms with Gasteiger partial charge in [0.2, 0.25) is 23.3 Å². The van der Waals surface area contributed by atoms with Crippen molar-refractivity contribution in [2.75, 3.05) is 54.2 Å². The van der Waals surface area contributed by atoms with Gasteiger partial charge in [-0.25, -0.2) is 10.9 Å². The number of hydrazone groups is 2. The summed E-state index contributed by atoms with van der Waals surface area (Å²) in [5.41, 5.74) is 6.29. The Hall–Kier alpha value is -4.13. The van der Waals surface area contributed by atoms with E-state index >= 15 is 0 Å². The van der Waals surface area contributed by atoms with Gasteiger partial charge in [0.15, 0.2) is 23.0 Å². The quantitative estimate of drug-likeness (QED) is 0.180. The molecule has 12 nitrogen and oxygen atoms in total. The van der Waals surface area contributed by atoms with E-state index in [0.29, 0.717) is 57.1 Å². The number of carbonyl (C=O) groups is 2. The molecule has 0 aliphatic carbocycles. The molecule has 0 aromatic heterocycles. The van der Waals surface area contributed by atoms with Crippen LogP contribution in [0.15, 0.2) is 34.5 Å². The second-order valence-corrected chi connectivity index (χ2v) is 8.84. The summed E-state index contributed by atoms with van der Waals surface area (Å²) >= 11 is 1.48. The van der Waals surface area contributed by atoms with Gasteiger partial charge in [-0.2, -0.15) is 22.0 Å². The van der Waals surface area contributed by atoms with E-state index < -0.39 is 0 Å². The minimum atomic E-state index is -0.245. The number of hydrogen-bond acceptors (Lipinski definition) is 11. The maximum Gasteiger partial charge on any atom is 0.240 e.